The number of carbonyl (C=O) groups is 1. The third-order valence-corrected chi connectivity index (χ3v) is 6.93. The minimum atomic E-state index is -0.259. The molecule has 3 aromatic carbocycles. The summed E-state index contributed by atoms with van der Waals surface area (Å²) in [6.45, 7) is 4.59. The molecule has 5 aromatic rings. The summed E-state index contributed by atoms with van der Waals surface area (Å²) in [4.78, 5) is 31.3. The lowest BCUT2D eigenvalue weighted by Gasteiger charge is -2.12. The highest BCUT2D eigenvalue weighted by atomic mass is 16.5. The van der Waals surface area contributed by atoms with E-state index in [2.05, 4.69) is 24.0 Å². The Labute approximate surface area is 222 Å². The van der Waals surface area contributed by atoms with E-state index >= 15 is 0 Å². The third-order valence-electron chi connectivity index (χ3n) is 6.93. The summed E-state index contributed by atoms with van der Waals surface area (Å²) >= 11 is 0. The number of fused-ring (bicyclic) bond motifs is 1. The molecule has 0 saturated heterocycles. The number of hydrogen-bond acceptors (Lipinski definition) is 4. The standard InChI is InChI=1S/C32H31N3O3/c1-4-18-34-22(2)31(32(37)35(34)26-8-6-5-7-9-26)30(36)20-24-12-10-23(11-13-24)19-25-16-17-33-29-21-27(38-3)14-15-28(25)29/h5-17,21H,4,18-20H2,1-3H3. The minimum absolute atomic E-state index is 0.158. The van der Waals surface area contributed by atoms with E-state index in [1.807, 2.05) is 84.5 Å². The lowest BCUT2D eigenvalue weighted by molar-refractivity contribution is 0.0991. The molecule has 38 heavy (non-hydrogen) atoms. The van der Waals surface area contributed by atoms with Gasteiger partial charge in [-0.1, -0.05) is 49.4 Å². The number of ketones is 1. The van der Waals surface area contributed by atoms with E-state index in [1.54, 1.807) is 11.8 Å². The monoisotopic (exact) mass is 505 g/mol. The quantitative estimate of drug-likeness (QED) is 0.233. The number of methoxy groups -OCH3 is 1. The molecule has 0 saturated carbocycles. The van der Waals surface area contributed by atoms with Gasteiger partial charge in [-0.15, -0.1) is 0 Å². The second kappa shape index (κ2) is 10.9. The van der Waals surface area contributed by atoms with Gasteiger partial charge in [0.1, 0.15) is 11.3 Å². The van der Waals surface area contributed by atoms with Gasteiger partial charge in [-0.25, -0.2) is 4.68 Å². The van der Waals surface area contributed by atoms with E-state index in [4.69, 9.17) is 4.74 Å². The van der Waals surface area contributed by atoms with Crippen LogP contribution in [-0.2, 0) is 19.4 Å². The molecule has 6 nitrogen and oxygen atoms in total. The molecule has 192 valence electrons. The van der Waals surface area contributed by atoms with Crippen LogP contribution < -0.4 is 10.3 Å². The number of benzene rings is 3. The number of para-hydroxylation sites is 1. The summed E-state index contributed by atoms with van der Waals surface area (Å²) in [5, 5.41) is 1.09. The number of ether oxygens (including phenoxy) is 1. The second-order valence-corrected chi connectivity index (χ2v) is 9.48. The first kappa shape index (κ1) is 25.2. The van der Waals surface area contributed by atoms with Crippen LogP contribution in [0.4, 0.5) is 0 Å². The van der Waals surface area contributed by atoms with Crippen LogP contribution in [0.15, 0.2) is 89.9 Å². The van der Waals surface area contributed by atoms with Gasteiger partial charge in [0.05, 0.1) is 18.3 Å². The van der Waals surface area contributed by atoms with Gasteiger partial charge in [-0.05, 0) is 66.8 Å². The van der Waals surface area contributed by atoms with Crippen LogP contribution in [0.1, 0.15) is 46.1 Å². The maximum Gasteiger partial charge on any atom is 0.282 e. The van der Waals surface area contributed by atoms with Crippen molar-refractivity contribution in [1.82, 2.24) is 14.3 Å². The number of pyridine rings is 1. The molecular formula is C32H31N3O3. The lowest BCUT2D eigenvalue weighted by atomic mass is 9.98. The van der Waals surface area contributed by atoms with Crippen molar-refractivity contribution >= 4 is 16.7 Å². The Morgan fingerprint density at radius 2 is 1.68 bits per heavy atom. The Morgan fingerprint density at radius 1 is 0.947 bits per heavy atom. The maximum atomic E-state index is 13.4. The van der Waals surface area contributed by atoms with Gasteiger partial charge < -0.3 is 4.74 Å². The van der Waals surface area contributed by atoms with Crippen LogP contribution in [0.25, 0.3) is 16.6 Å². The molecular weight excluding hydrogens is 474 g/mol. The first-order valence-corrected chi connectivity index (χ1v) is 12.9. The SMILES string of the molecule is CCCn1c(C)c(C(=O)Cc2ccc(Cc3ccnc4cc(OC)ccc34)cc2)c(=O)n1-c1ccccc1. The highest BCUT2D eigenvalue weighted by Crippen LogP contribution is 2.24. The molecule has 0 aliphatic carbocycles. The average Bonchev–Trinajstić information content (AvgIpc) is 3.19. The second-order valence-electron chi connectivity index (χ2n) is 9.48. The summed E-state index contributed by atoms with van der Waals surface area (Å²) < 4.78 is 8.87. The first-order valence-electron chi connectivity index (χ1n) is 12.9. The van der Waals surface area contributed by atoms with Crippen molar-refractivity contribution in [2.45, 2.75) is 39.7 Å². The van der Waals surface area contributed by atoms with Gasteiger partial charge in [0.2, 0.25) is 0 Å². The van der Waals surface area contributed by atoms with Gasteiger partial charge in [-0.3, -0.25) is 19.3 Å². The summed E-state index contributed by atoms with van der Waals surface area (Å²) in [5.41, 5.74) is 5.59. The number of hydrogen-bond donors (Lipinski definition) is 0. The van der Waals surface area contributed by atoms with Gasteiger partial charge in [0.25, 0.3) is 5.56 Å². The molecule has 0 amide bonds. The fourth-order valence-electron chi connectivity index (χ4n) is 5.01. The van der Waals surface area contributed by atoms with E-state index in [0.717, 1.165) is 46.3 Å². The smallest absolute Gasteiger partial charge is 0.282 e. The van der Waals surface area contributed by atoms with Crippen LogP contribution in [0.3, 0.4) is 0 Å². The number of rotatable bonds is 9. The molecule has 0 fully saturated rings. The van der Waals surface area contributed by atoms with Crippen LogP contribution >= 0.6 is 0 Å². The van der Waals surface area contributed by atoms with Crippen molar-refractivity contribution in [2.24, 2.45) is 0 Å². The average molecular weight is 506 g/mol. The van der Waals surface area contributed by atoms with Crippen molar-refractivity contribution < 1.29 is 9.53 Å². The lowest BCUT2D eigenvalue weighted by Crippen LogP contribution is -2.24. The van der Waals surface area contributed by atoms with Crippen LogP contribution in [0.2, 0.25) is 0 Å². The van der Waals surface area contributed by atoms with Crippen molar-refractivity contribution in [1.29, 1.82) is 0 Å². The Morgan fingerprint density at radius 3 is 2.39 bits per heavy atom. The predicted molar refractivity (Wildman–Crippen MR) is 151 cm³/mol. The predicted octanol–water partition coefficient (Wildman–Crippen LogP) is 5.93. The molecule has 0 spiro atoms. The molecule has 2 heterocycles. The van der Waals surface area contributed by atoms with Gasteiger partial charge in [-0.2, -0.15) is 0 Å². The van der Waals surface area contributed by atoms with E-state index in [9.17, 15) is 9.59 Å². The molecule has 6 heteroatoms. The molecule has 2 aromatic heterocycles. The van der Waals surface area contributed by atoms with E-state index < -0.39 is 0 Å². The van der Waals surface area contributed by atoms with Gasteiger partial charge in [0.15, 0.2) is 5.78 Å². The number of aromatic nitrogens is 3. The zero-order valence-corrected chi connectivity index (χ0v) is 22.0. The fourth-order valence-corrected chi connectivity index (χ4v) is 5.01. The number of Topliss-reactive ketones (excluding diaryl/α,β-unsaturated/α-hetero) is 1. The zero-order valence-electron chi connectivity index (χ0n) is 22.0. The van der Waals surface area contributed by atoms with Crippen LogP contribution in [0, 0.1) is 6.92 Å². The Kier molecular flexibility index (Phi) is 7.22. The van der Waals surface area contributed by atoms with Crippen LogP contribution in [0.5, 0.6) is 5.75 Å². The molecule has 0 bridgehead atoms. The minimum Gasteiger partial charge on any atom is -0.497 e. The van der Waals surface area contributed by atoms with Crippen LogP contribution in [-0.4, -0.2) is 27.2 Å². The summed E-state index contributed by atoms with van der Waals surface area (Å²) in [7, 11) is 1.65. The zero-order chi connectivity index (χ0) is 26.6. The highest BCUT2D eigenvalue weighted by Gasteiger charge is 2.23. The Bertz CT molecular complexity index is 1650. The molecule has 0 aliphatic rings. The molecule has 5 rings (SSSR count). The number of carbonyl (C=O) groups excluding carboxylic acids is 1. The Hall–Kier alpha value is -4.45. The van der Waals surface area contributed by atoms with Crippen molar-refractivity contribution in [3.05, 3.63) is 123 Å². The van der Waals surface area contributed by atoms with Crippen molar-refractivity contribution in [2.75, 3.05) is 7.11 Å². The largest absolute Gasteiger partial charge is 0.497 e. The van der Waals surface area contributed by atoms with Gasteiger partial charge in [0, 0.05) is 36.3 Å². The molecule has 0 unspecified atom stereocenters. The van der Waals surface area contributed by atoms with E-state index in [1.165, 1.54) is 5.56 Å². The van der Waals surface area contributed by atoms with E-state index in [-0.39, 0.29) is 23.3 Å². The number of nitrogens with zero attached hydrogens (tertiary/aromatic N) is 3. The molecule has 0 N–H and O–H groups in total. The maximum absolute atomic E-state index is 13.4. The van der Waals surface area contributed by atoms with Crippen molar-refractivity contribution in [3.63, 3.8) is 0 Å². The third kappa shape index (κ3) is 4.90. The molecule has 0 aliphatic heterocycles. The van der Waals surface area contributed by atoms with Gasteiger partial charge >= 0.3 is 0 Å². The normalized spacial score (nSPS) is 11.1. The highest BCUT2D eigenvalue weighted by molar-refractivity contribution is 5.98. The summed E-state index contributed by atoms with van der Waals surface area (Å²) in [6, 6.07) is 25.5. The Balaban J connectivity index is 1.38. The summed E-state index contributed by atoms with van der Waals surface area (Å²) in [5.74, 6) is 0.626. The van der Waals surface area contributed by atoms with Crippen molar-refractivity contribution in [3.8, 4) is 11.4 Å². The first-order chi connectivity index (χ1) is 18.5. The molecule has 0 radical (unpaired) electrons. The summed E-state index contributed by atoms with van der Waals surface area (Å²) in [6.07, 6.45) is 3.61. The molecule has 0 atom stereocenters. The fraction of sp³-hybridized carbons (Fsp3) is 0.219. The topological polar surface area (TPSA) is 66.1 Å². The van der Waals surface area contributed by atoms with E-state index in [0.29, 0.717) is 12.2 Å².